The van der Waals surface area contributed by atoms with E-state index in [-0.39, 0.29) is 10.6 Å². The van der Waals surface area contributed by atoms with Crippen molar-refractivity contribution in [1.29, 1.82) is 0 Å². The van der Waals surface area contributed by atoms with E-state index in [9.17, 15) is 10.1 Å². The molecule has 1 aromatic rings. The highest BCUT2D eigenvalue weighted by molar-refractivity contribution is 5.63. The van der Waals surface area contributed by atoms with E-state index < -0.39 is 0 Å². The fourth-order valence-electron chi connectivity index (χ4n) is 3.01. The van der Waals surface area contributed by atoms with Gasteiger partial charge in [-0.3, -0.25) is 10.1 Å². The van der Waals surface area contributed by atoms with Gasteiger partial charge in [0.25, 0.3) is 5.69 Å². The SMILES string of the molecule is CCCNc1cc(NC(C)C2CCCC2)cc([N+](=O)[O-])c1. The zero-order valence-corrected chi connectivity index (χ0v) is 12.9. The van der Waals surface area contributed by atoms with Crippen molar-refractivity contribution in [2.24, 2.45) is 5.92 Å². The van der Waals surface area contributed by atoms with Gasteiger partial charge in [-0.1, -0.05) is 19.8 Å². The van der Waals surface area contributed by atoms with Gasteiger partial charge in [-0.15, -0.1) is 0 Å². The number of rotatable bonds is 7. The molecule has 0 bridgehead atoms. The number of hydrogen-bond acceptors (Lipinski definition) is 4. The van der Waals surface area contributed by atoms with Crippen molar-refractivity contribution in [1.82, 2.24) is 0 Å². The Kier molecular flexibility index (Phi) is 5.42. The Balaban J connectivity index is 2.12. The van der Waals surface area contributed by atoms with Gasteiger partial charge in [0.1, 0.15) is 0 Å². The highest BCUT2D eigenvalue weighted by Crippen LogP contribution is 2.31. The van der Waals surface area contributed by atoms with Crippen molar-refractivity contribution < 1.29 is 4.92 Å². The van der Waals surface area contributed by atoms with E-state index in [0.29, 0.717) is 12.0 Å². The highest BCUT2D eigenvalue weighted by Gasteiger charge is 2.22. The normalized spacial score (nSPS) is 16.7. The maximum Gasteiger partial charge on any atom is 0.273 e. The number of nitrogens with one attached hydrogen (secondary N) is 2. The van der Waals surface area contributed by atoms with Crippen molar-refractivity contribution >= 4 is 17.1 Å². The lowest BCUT2D eigenvalue weighted by Crippen LogP contribution is -2.23. The number of anilines is 2. The van der Waals surface area contributed by atoms with Crippen LogP contribution in [0.2, 0.25) is 0 Å². The van der Waals surface area contributed by atoms with Crippen LogP contribution in [0.5, 0.6) is 0 Å². The van der Waals surface area contributed by atoms with Gasteiger partial charge >= 0.3 is 0 Å². The Bertz CT molecular complexity index is 484. The molecule has 1 aliphatic rings. The van der Waals surface area contributed by atoms with Crippen molar-refractivity contribution in [3.8, 4) is 0 Å². The molecule has 0 heterocycles. The zero-order valence-electron chi connectivity index (χ0n) is 12.9. The molecule has 5 heteroatoms. The van der Waals surface area contributed by atoms with Crippen LogP contribution < -0.4 is 10.6 Å². The molecule has 0 amide bonds. The first-order chi connectivity index (χ1) is 10.1. The summed E-state index contributed by atoms with van der Waals surface area (Å²) in [6.45, 7) is 5.07. The van der Waals surface area contributed by atoms with Crippen LogP contribution in [0.1, 0.15) is 46.0 Å². The quantitative estimate of drug-likeness (QED) is 0.577. The summed E-state index contributed by atoms with van der Waals surface area (Å²) in [5.74, 6) is 0.677. The van der Waals surface area contributed by atoms with Crippen LogP contribution in [-0.4, -0.2) is 17.5 Å². The number of non-ortho nitro benzene ring substituents is 1. The second-order valence-electron chi connectivity index (χ2n) is 5.93. The largest absolute Gasteiger partial charge is 0.385 e. The molecule has 2 rings (SSSR count). The number of hydrogen-bond donors (Lipinski definition) is 2. The molecule has 5 nitrogen and oxygen atoms in total. The van der Waals surface area contributed by atoms with Crippen LogP contribution in [0.25, 0.3) is 0 Å². The standard InChI is InChI=1S/C16H25N3O2/c1-3-8-17-14-9-15(11-16(10-14)19(20)21)18-12(2)13-6-4-5-7-13/h9-13,17-18H,3-8H2,1-2H3. The predicted octanol–water partition coefficient (Wildman–Crippen LogP) is 4.41. The lowest BCUT2D eigenvalue weighted by molar-refractivity contribution is -0.384. The summed E-state index contributed by atoms with van der Waals surface area (Å²) < 4.78 is 0. The van der Waals surface area contributed by atoms with Crippen LogP contribution in [-0.2, 0) is 0 Å². The molecule has 1 aliphatic carbocycles. The second-order valence-corrected chi connectivity index (χ2v) is 5.93. The third-order valence-electron chi connectivity index (χ3n) is 4.21. The van der Waals surface area contributed by atoms with E-state index in [1.165, 1.54) is 25.7 Å². The first-order valence-electron chi connectivity index (χ1n) is 7.90. The van der Waals surface area contributed by atoms with E-state index in [4.69, 9.17) is 0 Å². The van der Waals surface area contributed by atoms with Crippen molar-refractivity contribution in [3.63, 3.8) is 0 Å². The van der Waals surface area contributed by atoms with E-state index in [0.717, 1.165) is 24.3 Å². The van der Waals surface area contributed by atoms with Crippen LogP contribution in [0.15, 0.2) is 18.2 Å². The van der Waals surface area contributed by atoms with Crippen molar-refractivity contribution in [2.45, 2.75) is 52.0 Å². The molecule has 1 atom stereocenters. The molecule has 0 aromatic heterocycles. The molecule has 1 aromatic carbocycles. The highest BCUT2D eigenvalue weighted by atomic mass is 16.6. The van der Waals surface area contributed by atoms with Gasteiger partial charge < -0.3 is 10.6 Å². The molecule has 0 saturated heterocycles. The summed E-state index contributed by atoms with van der Waals surface area (Å²) in [6.07, 6.45) is 6.10. The Labute approximate surface area is 126 Å². The Hall–Kier alpha value is -1.78. The van der Waals surface area contributed by atoms with Gasteiger partial charge in [0.2, 0.25) is 0 Å². The minimum atomic E-state index is -0.331. The topological polar surface area (TPSA) is 67.2 Å². The monoisotopic (exact) mass is 291 g/mol. The summed E-state index contributed by atoms with van der Waals surface area (Å²) in [4.78, 5) is 10.7. The fraction of sp³-hybridized carbons (Fsp3) is 0.625. The predicted molar refractivity (Wildman–Crippen MR) is 86.9 cm³/mol. The second kappa shape index (κ2) is 7.29. The van der Waals surface area contributed by atoms with Gasteiger partial charge in [-0.25, -0.2) is 0 Å². The van der Waals surface area contributed by atoms with Crippen molar-refractivity contribution in [3.05, 3.63) is 28.3 Å². The van der Waals surface area contributed by atoms with Gasteiger partial charge in [0.15, 0.2) is 0 Å². The van der Waals surface area contributed by atoms with E-state index >= 15 is 0 Å². The molecule has 21 heavy (non-hydrogen) atoms. The van der Waals surface area contributed by atoms with E-state index in [2.05, 4.69) is 24.5 Å². The maximum atomic E-state index is 11.1. The fourth-order valence-corrected chi connectivity index (χ4v) is 3.01. The summed E-state index contributed by atoms with van der Waals surface area (Å²) in [7, 11) is 0. The number of nitro groups is 1. The summed E-state index contributed by atoms with van der Waals surface area (Å²) >= 11 is 0. The molecule has 1 fully saturated rings. The van der Waals surface area contributed by atoms with E-state index in [1.807, 2.05) is 6.07 Å². The first-order valence-corrected chi connectivity index (χ1v) is 7.90. The minimum absolute atomic E-state index is 0.136. The number of benzene rings is 1. The summed E-state index contributed by atoms with van der Waals surface area (Å²) in [5.41, 5.74) is 1.78. The Morgan fingerprint density at radius 1 is 1.29 bits per heavy atom. The van der Waals surface area contributed by atoms with Crippen LogP contribution in [0, 0.1) is 16.0 Å². The number of nitrogens with zero attached hydrogens (tertiary/aromatic N) is 1. The van der Waals surface area contributed by atoms with Gasteiger partial charge in [0, 0.05) is 36.1 Å². The van der Waals surface area contributed by atoms with Crippen LogP contribution in [0.3, 0.4) is 0 Å². The summed E-state index contributed by atoms with van der Waals surface area (Å²) in [5, 5.41) is 17.8. The van der Waals surface area contributed by atoms with Gasteiger partial charge in [-0.2, -0.15) is 0 Å². The molecule has 0 spiro atoms. The molecular formula is C16H25N3O2. The molecule has 0 aliphatic heterocycles. The average molecular weight is 291 g/mol. The van der Waals surface area contributed by atoms with Crippen LogP contribution >= 0.6 is 0 Å². The Morgan fingerprint density at radius 2 is 1.95 bits per heavy atom. The first kappa shape index (κ1) is 15.6. The van der Waals surface area contributed by atoms with E-state index in [1.54, 1.807) is 12.1 Å². The molecular weight excluding hydrogens is 266 g/mol. The molecule has 2 N–H and O–H groups in total. The minimum Gasteiger partial charge on any atom is -0.385 e. The number of nitro benzene ring substituents is 1. The molecule has 1 saturated carbocycles. The van der Waals surface area contributed by atoms with Gasteiger partial charge in [-0.05, 0) is 38.2 Å². The average Bonchev–Trinajstić information content (AvgIpc) is 2.99. The van der Waals surface area contributed by atoms with Crippen molar-refractivity contribution in [2.75, 3.05) is 17.2 Å². The third-order valence-corrected chi connectivity index (χ3v) is 4.21. The lowest BCUT2D eigenvalue weighted by Gasteiger charge is -2.22. The molecule has 0 radical (unpaired) electrons. The molecule has 116 valence electrons. The Morgan fingerprint density at radius 3 is 2.57 bits per heavy atom. The third kappa shape index (κ3) is 4.34. The smallest absolute Gasteiger partial charge is 0.273 e. The lowest BCUT2D eigenvalue weighted by atomic mass is 9.99. The molecule has 1 unspecified atom stereocenters. The van der Waals surface area contributed by atoms with Crippen LogP contribution in [0.4, 0.5) is 17.1 Å². The van der Waals surface area contributed by atoms with Gasteiger partial charge in [0.05, 0.1) is 4.92 Å². The summed E-state index contributed by atoms with van der Waals surface area (Å²) in [6, 6.07) is 5.55. The maximum absolute atomic E-state index is 11.1. The zero-order chi connectivity index (χ0) is 15.2.